The zero-order valence-electron chi connectivity index (χ0n) is 11.7. The molecule has 0 saturated carbocycles. The number of H-pyrrole nitrogens is 1. The second kappa shape index (κ2) is 4.86. The van der Waals surface area contributed by atoms with Crippen LogP contribution in [-0.2, 0) is 11.2 Å². The van der Waals surface area contributed by atoms with Crippen molar-refractivity contribution in [2.45, 2.75) is 18.6 Å². The molecular formula is C16H16N4O. The number of hydrogen-bond donors (Lipinski definition) is 2. The average molecular weight is 280 g/mol. The van der Waals surface area contributed by atoms with Crippen molar-refractivity contribution in [2.75, 3.05) is 12.4 Å². The van der Waals surface area contributed by atoms with E-state index in [1.165, 1.54) is 11.1 Å². The zero-order chi connectivity index (χ0) is 14.2. The average Bonchev–Trinajstić information content (AvgIpc) is 3.11. The molecule has 1 aliphatic carbocycles. The molecule has 21 heavy (non-hydrogen) atoms. The lowest BCUT2D eigenvalue weighted by atomic mass is 10.1. The van der Waals surface area contributed by atoms with Gasteiger partial charge in [-0.15, -0.1) is 0 Å². The van der Waals surface area contributed by atoms with Crippen molar-refractivity contribution < 1.29 is 4.74 Å². The summed E-state index contributed by atoms with van der Waals surface area (Å²) in [6, 6.07) is 10.6. The zero-order valence-corrected chi connectivity index (χ0v) is 11.7. The van der Waals surface area contributed by atoms with Crippen LogP contribution in [0.2, 0.25) is 0 Å². The lowest BCUT2D eigenvalue weighted by Crippen LogP contribution is -2.26. The van der Waals surface area contributed by atoms with Gasteiger partial charge in [0.05, 0.1) is 11.4 Å². The maximum atomic E-state index is 5.70. The predicted molar refractivity (Wildman–Crippen MR) is 81.2 cm³/mol. The normalized spacial score (nSPS) is 20.6. The van der Waals surface area contributed by atoms with E-state index in [0.717, 1.165) is 23.3 Å². The number of benzene rings is 1. The van der Waals surface area contributed by atoms with Gasteiger partial charge in [-0.3, -0.25) is 0 Å². The van der Waals surface area contributed by atoms with Crippen LogP contribution in [0.4, 0.5) is 5.82 Å². The molecule has 1 aromatic carbocycles. The first-order valence-electron chi connectivity index (χ1n) is 7.02. The number of ether oxygens (including phenoxy) is 1. The van der Waals surface area contributed by atoms with Crippen LogP contribution in [0, 0.1) is 0 Å². The van der Waals surface area contributed by atoms with Crippen LogP contribution in [0.15, 0.2) is 42.9 Å². The molecule has 3 aromatic rings. The molecule has 2 atom stereocenters. The lowest BCUT2D eigenvalue weighted by molar-refractivity contribution is 0.0956. The highest BCUT2D eigenvalue weighted by molar-refractivity contribution is 5.86. The molecule has 0 unspecified atom stereocenters. The Balaban J connectivity index is 1.68. The maximum absolute atomic E-state index is 5.70. The van der Waals surface area contributed by atoms with E-state index >= 15 is 0 Å². The topological polar surface area (TPSA) is 62.8 Å². The van der Waals surface area contributed by atoms with E-state index in [9.17, 15) is 0 Å². The number of nitrogens with one attached hydrogen (secondary N) is 2. The first-order chi connectivity index (χ1) is 10.4. The smallest absolute Gasteiger partial charge is 0.142 e. The molecule has 106 valence electrons. The van der Waals surface area contributed by atoms with Gasteiger partial charge in [0.2, 0.25) is 0 Å². The van der Waals surface area contributed by atoms with E-state index in [0.29, 0.717) is 0 Å². The summed E-state index contributed by atoms with van der Waals surface area (Å²) in [6.45, 7) is 0. The molecule has 5 nitrogen and oxygen atoms in total. The SMILES string of the molecule is CO[C@H]1c2ccccc2C[C@H]1Nc1ncnc2[nH]ccc12. The fourth-order valence-corrected chi connectivity index (χ4v) is 3.14. The van der Waals surface area contributed by atoms with Gasteiger partial charge in [-0.2, -0.15) is 0 Å². The monoisotopic (exact) mass is 280 g/mol. The molecule has 2 heterocycles. The van der Waals surface area contributed by atoms with Crippen LogP contribution in [0.25, 0.3) is 11.0 Å². The predicted octanol–water partition coefficient (Wildman–Crippen LogP) is 2.68. The number of anilines is 1. The summed E-state index contributed by atoms with van der Waals surface area (Å²) >= 11 is 0. The van der Waals surface area contributed by atoms with E-state index in [1.807, 2.05) is 12.3 Å². The minimum Gasteiger partial charge on any atom is -0.375 e. The van der Waals surface area contributed by atoms with Gasteiger partial charge in [-0.1, -0.05) is 24.3 Å². The minimum atomic E-state index is 0.0464. The van der Waals surface area contributed by atoms with Gasteiger partial charge >= 0.3 is 0 Å². The maximum Gasteiger partial charge on any atom is 0.142 e. The van der Waals surface area contributed by atoms with Gasteiger partial charge in [-0.05, 0) is 23.6 Å². The van der Waals surface area contributed by atoms with Gasteiger partial charge < -0.3 is 15.0 Å². The molecule has 4 rings (SSSR count). The number of hydrogen-bond acceptors (Lipinski definition) is 4. The summed E-state index contributed by atoms with van der Waals surface area (Å²) in [6.07, 6.45) is 4.43. The highest BCUT2D eigenvalue weighted by atomic mass is 16.5. The minimum absolute atomic E-state index is 0.0464. The number of rotatable bonds is 3. The van der Waals surface area contributed by atoms with Crippen molar-refractivity contribution in [1.82, 2.24) is 15.0 Å². The summed E-state index contributed by atoms with van der Waals surface area (Å²) < 4.78 is 5.70. The van der Waals surface area contributed by atoms with Crippen molar-refractivity contribution in [3.63, 3.8) is 0 Å². The van der Waals surface area contributed by atoms with Crippen LogP contribution in [0.5, 0.6) is 0 Å². The number of methoxy groups -OCH3 is 1. The Kier molecular flexibility index (Phi) is 2.86. The van der Waals surface area contributed by atoms with Crippen molar-refractivity contribution in [2.24, 2.45) is 0 Å². The van der Waals surface area contributed by atoms with Gasteiger partial charge in [0.25, 0.3) is 0 Å². The molecule has 0 bridgehead atoms. The molecule has 0 saturated heterocycles. The molecule has 5 heteroatoms. The van der Waals surface area contributed by atoms with Crippen LogP contribution < -0.4 is 5.32 Å². The largest absolute Gasteiger partial charge is 0.375 e. The summed E-state index contributed by atoms with van der Waals surface area (Å²) in [4.78, 5) is 11.7. The molecule has 2 N–H and O–H groups in total. The van der Waals surface area contributed by atoms with Gasteiger partial charge in [0.15, 0.2) is 0 Å². The first kappa shape index (κ1) is 12.3. The Labute approximate surface area is 122 Å². The van der Waals surface area contributed by atoms with Gasteiger partial charge in [0, 0.05) is 13.3 Å². The Morgan fingerprint density at radius 2 is 2.14 bits per heavy atom. The number of aromatic nitrogens is 3. The molecule has 0 fully saturated rings. The van der Waals surface area contributed by atoms with E-state index in [2.05, 4.69) is 44.5 Å². The van der Waals surface area contributed by atoms with Gasteiger partial charge in [-0.25, -0.2) is 9.97 Å². The Morgan fingerprint density at radius 3 is 3.05 bits per heavy atom. The van der Waals surface area contributed by atoms with Gasteiger partial charge in [0.1, 0.15) is 23.9 Å². The summed E-state index contributed by atoms with van der Waals surface area (Å²) in [5, 5.41) is 4.52. The Bertz CT molecular complexity index is 783. The number of fused-ring (bicyclic) bond motifs is 2. The molecule has 0 radical (unpaired) electrons. The Hall–Kier alpha value is -2.40. The third-order valence-electron chi connectivity index (χ3n) is 4.10. The number of aromatic amines is 1. The van der Waals surface area contributed by atoms with Crippen LogP contribution in [0.1, 0.15) is 17.2 Å². The molecule has 1 aliphatic rings. The molecule has 0 spiro atoms. The fourth-order valence-electron chi connectivity index (χ4n) is 3.14. The fraction of sp³-hybridized carbons (Fsp3) is 0.250. The Morgan fingerprint density at radius 1 is 1.24 bits per heavy atom. The first-order valence-corrected chi connectivity index (χ1v) is 7.02. The van der Waals surface area contributed by atoms with Crippen LogP contribution in [0.3, 0.4) is 0 Å². The summed E-state index contributed by atoms with van der Waals surface area (Å²) in [5.41, 5.74) is 3.44. The van der Waals surface area contributed by atoms with Crippen LogP contribution in [-0.4, -0.2) is 28.1 Å². The molecule has 2 aromatic heterocycles. The van der Waals surface area contributed by atoms with Crippen molar-refractivity contribution >= 4 is 16.9 Å². The van der Waals surface area contributed by atoms with Crippen molar-refractivity contribution in [3.05, 3.63) is 54.0 Å². The van der Waals surface area contributed by atoms with Crippen molar-refractivity contribution in [3.8, 4) is 0 Å². The standard InChI is InChI=1S/C16H16N4O/c1-21-14-11-5-3-2-4-10(11)8-13(14)20-16-12-6-7-17-15(12)18-9-19-16/h2-7,9,13-14H,8H2,1H3,(H2,17,18,19,20)/t13-,14+/m1/s1. The quantitative estimate of drug-likeness (QED) is 0.774. The van der Waals surface area contributed by atoms with E-state index in [4.69, 9.17) is 4.74 Å². The molecule has 0 amide bonds. The number of nitrogens with zero attached hydrogens (tertiary/aromatic N) is 2. The molecule has 0 aliphatic heterocycles. The third kappa shape index (κ3) is 1.97. The third-order valence-corrected chi connectivity index (χ3v) is 4.10. The van der Waals surface area contributed by atoms with E-state index in [-0.39, 0.29) is 12.1 Å². The molecular weight excluding hydrogens is 264 g/mol. The second-order valence-electron chi connectivity index (χ2n) is 5.27. The second-order valence-corrected chi connectivity index (χ2v) is 5.27. The summed E-state index contributed by atoms with van der Waals surface area (Å²) in [7, 11) is 1.76. The summed E-state index contributed by atoms with van der Waals surface area (Å²) in [5.74, 6) is 0.848. The van der Waals surface area contributed by atoms with Crippen LogP contribution >= 0.6 is 0 Å². The highest BCUT2D eigenvalue weighted by Crippen LogP contribution is 2.35. The van der Waals surface area contributed by atoms with E-state index in [1.54, 1.807) is 13.4 Å². The van der Waals surface area contributed by atoms with E-state index < -0.39 is 0 Å². The highest BCUT2D eigenvalue weighted by Gasteiger charge is 2.32. The van der Waals surface area contributed by atoms with Crippen molar-refractivity contribution in [1.29, 1.82) is 0 Å². The lowest BCUT2D eigenvalue weighted by Gasteiger charge is -2.21.